The van der Waals surface area contributed by atoms with Gasteiger partial charge in [-0.15, -0.1) is 5.10 Å². The first-order valence-corrected chi connectivity index (χ1v) is 9.23. The minimum Gasteiger partial charge on any atom is -0.335 e. The van der Waals surface area contributed by atoms with Crippen LogP contribution in [0.4, 0.5) is 0 Å². The van der Waals surface area contributed by atoms with Crippen molar-refractivity contribution in [3.63, 3.8) is 0 Å². The van der Waals surface area contributed by atoms with Crippen molar-refractivity contribution >= 4 is 17.4 Å². The van der Waals surface area contributed by atoms with Crippen LogP contribution in [0.15, 0.2) is 30.3 Å². The zero-order chi connectivity index (χ0) is 16.1. The Bertz CT molecular complexity index is 635. The number of hydrogen-bond acceptors (Lipinski definition) is 4. The molecule has 1 fully saturated rings. The molecule has 0 radical (unpaired) electrons. The van der Waals surface area contributed by atoms with Gasteiger partial charge in [0.2, 0.25) is 0 Å². The summed E-state index contributed by atoms with van der Waals surface area (Å²) in [7, 11) is 0. The van der Waals surface area contributed by atoms with Crippen LogP contribution in [-0.4, -0.2) is 33.0 Å². The van der Waals surface area contributed by atoms with Crippen molar-refractivity contribution in [2.45, 2.75) is 51.5 Å². The molecule has 122 valence electrons. The first-order chi connectivity index (χ1) is 11.3. The number of benzene rings is 1. The summed E-state index contributed by atoms with van der Waals surface area (Å²) in [5.74, 6) is 0.125. The number of carbonyl (C=O) groups excluding carboxylic acids is 1. The standard InChI is InChI=1S/C18H23N3OS/c1-2-16-17(23-20-19-16)18(22)21(15-10-6-7-11-15)13-12-14-8-4-3-5-9-14/h3-5,8-9,15H,2,6-7,10-13H2,1H3. The zero-order valence-corrected chi connectivity index (χ0v) is 14.4. The van der Waals surface area contributed by atoms with E-state index < -0.39 is 0 Å². The van der Waals surface area contributed by atoms with E-state index in [1.54, 1.807) is 0 Å². The summed E-state index contributed by atoms with van der Waals surface area (Å²) < 4.78 is 3.99. The molecule has 1 heterocycles. The largest absolute Gasteiger partial charge is 0.335 e. The number of amides is 1. The lowest BCUT2D eigenvalue weighted by Gasteiger charge is -2.28. The van der Waals surface area contributed by atoms with Crippen LogP contribution < -0.4 is 0 Å². The molecule has 0 bridgehead atoms. The molecule has 0 spiro atoms. The monoisotopic (exact) mass is 329 g/mol. The third kappa shape index (κ3) is 3.78. The van der Waals surface area contributed by atoms with Crippen molar-refractivity contribution in [1.82, 2.24) is 14.5 Å². The predicted octanol–water partition coefficient (Wildman–Crippen LogP) is 3.73. The molecule has 1 aliphatic carbocycles. The molecule has 4 nitrogen and oxygen atoms in total. The Kier molecular flexibility index (Phi) is 5.39. The van der Waals surface area contributed by atoms with E-state index in [-0.39, 0.29) is 5.91 Å². The average Bonchev–Trinajstić information content (AvgIpc) is 3.27. The fourth-order valence-corrected chi connectivity index (χ4v) is 4.00. The molecular formula is C18H23N3OS. The van der Waals surface area contributed by atoms with Gasteiger partial charge in [0.25, 0.3) is 5.91 Å². The third-order valence-corrected chi connectivity index (χ3v) is 5.35. The first kappa shape index (κ1) is 16.1. The normalized spacial score (nSPS) is 15.0. The van der Waals surface area contributed by atoms with Crippen molar-refractivity contribution in [2.24, 2.45) is 0 Å². The molecule has 3 rings (SSSR count). The maximum atomic E-state index is 13.1. The summed E-state index contributed by atoms with van der Waals surface area (Å²) in [6, 6.07) is 10.8. The summed E-state index contributed by atoms with van der Waals surface area (Å²) in [5.41, 5.74) is 2.11. The van der Waals surface area contributed by atoms with Gasteiger partial charge in [0.1, 0.15) is 4.88 Å². The molecule has 1 aromatic heterocycles. The smallest absolute Gasteiger partial charge is 0.267 e. The quantitative estimate of drug-likeness (QED) is 0.811. The average molecular weight is 329 g/mol. The van der Waals surface area contributed by atoms with Gasteiger partial charge in [-0.2, -0.15) is 0 Å². The van der Waals surface area contributed by atoms with E-state index in [9.17, 15) is 4.79 Å². The Morgan fingerprint density at radius 2 is 2.00 bits per heavy atom. The van der Waals surface area contributed by atoms with Crippen LogP contribution in [0.1, 0.15) is 53.5 Å². The van der Waals surface area contributed by atoms with E-state index >= 15 is 0 Å². The van der Waals surface area contributed by atoms with Gasteiger partial charge in [-0.1, -0.05) is 54.6 Å². The van der Waals surface area contributed by atoms with Gasteiger partial charge in [0, 0.05) is 12.6 Å². The third-order valence-electron chi connectivity index (χ3n) is 4.60. The van der Waals surface area contributed by atoms with Crippen molar-refractivity contribution in [1.29, 1.82) is 0 Å². The summed E-state index contributed by atoms with van der Waals surface area (Å²) in [4.78, 5) is 15.9. The summed E-state index contributed by atoms with van der Waals surface area (Å²) in [6.07, 6.45) is 6.34. The summed E-state index contributed by atoms with van der Waals surface area (Å²) in [6.45, 7) is 2.80. The van der Waals surface area contributed by atoms with Gasteiger partial charge in [0.15, 0.2) is 0 Å². The second-order valence-corrected chi connectivity index (χ2v) is 6.83. The van der Waals surface area contributed by atoms with Crippen LogP contribution in [-0.2, 0) is 12.8 Å². The van der Waals surface area contributed by atoms with Gasteiger partial charge in [0.05, 0.1) is 5.69 Å². The van der Waals surface area contributed by atoms with Crippen molar-refractivity contribution < 1.29 is 4.79 Å². The maximum Gasteiger partial charge on any atom is 0.267 e. The highest BCUT2D eigenvalue weighted by Gasteiger charge is 2.29. The lowest BCUT2D eigenvalue weighted by atomic mass is 10.1. The second kappa shape index (κ2) is 7.68. The lowest BCUT2D eigenvalue weighted by Crippen LogP contribution is -2.40. The second-order valence-electron chi connectivity index (χ2n) is 6.07. The molecule has 1 aromatic carbocycles. The maximum absolute atomic E-state index is 13.1. The highest BCUT2D eigenvalue weighted by molar-refractivity contribution is 7.08. The topological polar surface area (TPSA) is 46.1 Å². The van der Waals surface area contributed by atoms with Gasteiger partial charge in [-0.05, 0) is 42.8 Å². The van der Waals surface area contributed by atoms with Crippen LogP contribution in [0.3, 0.4) is 0 Å². The van der Waals surface area contributed by atoms with Crippen LogP contribution in [0, 0.1) is 0 Å². The van der Waals surface area contributed by atoms with Crippen LogP contribution in [0.5, 0.6) is 0 Å². The highest BCUT2D eigenvalue weighted by Crippen LogP contribution is 2.26. The molecular weight excluding hydrogens is 306 g/mol. The fourth-order valence-electron chi connectivity index (χ4n) is 3.29. The summed E-state index contributed by atoms with van der Waals surface area (Å²) in [5, 5.41) is 4.10. The summed E-state index contributed by atoms with van der Waals surface area (Å²) >= 11 is 1.24. The molecule has 0 aliphatic heterocycles. The molecule has 1 saturated carbocycles. The van der Waals surface area contributed by atoms with Crippen molar-refractivity contribution in [3.8, 4) is 0 Å². The van der Waals surface area contributed by atoms with Crippen LogP contribution in [0.25, 0.3) is 0 Å². The van der Waals surface area contributed by atoms with Crippen LogP contribution >= 0.6 is 11.5 Å². The minimum absolute atomic E-state index is 0.125. The van der Waals surface area contributed by atoms with E-state index in [2.05, 4.69) is 38.8 Å². The van der Waals surface area contributed by atoms with Gasteiger partial charge >= 0.3 is 0 Å². The Labute approximate surface area is 141 Å². The van der Waals surface area contributed by atoms with Crippen molar-refractivity contribution in [2.75, 3.05) is 6.54 Å². The number of rotatable bonds is 6. The molecule has 5 heteroatoms. The Morgan fingerprint density at radius 1 is 1.26 bits per heavy atom. The molecule has 2 aromatic rings. The fraction of sp³-hybridized carbons (Fsp3) is 0.500. The molecule has 0 N–H and O–H groups in total. The number of carbonyl (C=O) groups is 1. The number of hydrogen-bond donors (Lipinski definition) is 0. The number of aryl methyl sites for hydroxylation is 1. The lowest BCUT2D eigenvalue weighted by molar-refractivity contribution is 0.0687. The molecule has 0 atom stereocenters. The Balaban J connectivity index is 1.76. The van der Waals surface area contributed by atoms with E-state index in [0.29, 0.717) is 6.04 Å². The van der Waals surface area contributed by atoms with Gasteiger partial charge < -0.3 is 4.90 Å². The van der Waals surface area contributed by atoms with E-state index in [1.807, 2.05) is 13.0 Å². The molecule has 1 aliphatic rings. The Morgan fingerprint density at radius 3 is 2.70 bits per heavy atom. The van der Waals surface area contributed by atoms with E-state index in [0.717, 1.165) is 42.8 Å². The zero-order valence-electron chi connectivity index (χ0n) is 13.6. The van der Waals surface area contributed by atoms with E-state index in [1.165, 1.54) is 29.9 Å². The first-order valence-electron chi connectivity index (χ1n) is 8.45. The SMILES string of the molecule is CCc1nnsc1C(=O)N(CCc1ccccc1)C1CCCC1. The minimum atomic E-state index is 0.125. The predicted molar refractivity (Wildman–Crippen MR) is 92.7 cm³/mol. The number of aromatic nitrogens is 2. The molecule has 0 saturated heterocycles. The van der Waals surface area contributed by atoms with Gasteiger partial charge in [-0.3, -0.25) is 4.79 Å². The van der Waals surface area contributed by atoms with Crippen molar-refractivity contribution in [3.05, 3.63) is 46.5 Å². The molecule has 0 unspecified atom stereocenters. The Hall–Kier alpha value is -1.75. The highest BCUT2D eigenvalue weighted by atomic mass is 32.1. The molecule has 1 amide bonds. The molecule has 23 heavy (non-hydrogen) atoms. The number of nitrogens with zero attached hydrogens (tertiary/aromatic N) is 3. The van der Waals surface area contributed by atoms with Crippen LogP contribution in [0.2, 0.25) is 0 Å². The van der Waals surface area contributed by atoms with Gasteiger partial charge in [-0.25, -0.2) is 0 Å². The van der Waals surface area contributed by atoms with E-state index in [4.69, 9.17) is 0 Å².